The first kappa shape index (κ1) is 12.0. The number of aromatic nitrogens is 1. The highest BCUT2D eigenvalue weighted by molar-refractivity contribution is 7.91. The maximum Gasteiger partial charge on any atom is 0.198 e. The first-order valence-electron chi connectivity index (χ1n) is 4.17. The fraction of sp³-hybridized carbons (Fsp3) is 0.333. The van der Waals surface area contributed by atoms with E-state index in [0.29, 0.717) is 5.56 Å². The van der Waals surface area contributed by atoms with Gasteiger partial charge in [0.1, 0.15) is 6.07 Å². The van der Waals surface area contributed by atoms with Crippen molar-refractivity contribution < 1.29 is 8.42 Å². The SMILES string of the molecule is Cc1ccnc(S(=O)(=O)CCCl)c1C#N. The number of alkyl halides is 1. The van der Waals surface area contributed by atoms with Crippen molar-refractivity contribution in [3.05, 3.63) is 23.4 Å². The van der Waals surface area contributed by atoms with Gasteiger partial charge in [0, 0.05) is 12.1 Å². The summed E-state index contributed by atoms with van der Waals surface area (Å²) < 4.78 is 23.3. The van der Waals surface area contributed by atoms with E-state index in [1.165, 1.54) is 6.20 Å². The van der Waals surface area contributed by atoms with Gasteiger partial charge in [-0.25, -0.2) is 13.4 Å². The number of hydrogen-bond donors (Lipinski definition) is 0. The maximum atomic E-state index is 11.7. The average Bonchev–Trinajstić information content (AvgIpc) is 2.17. The Morgan fingerprint density at radius 3 is 2.80 bits per heavy atom. The molecule has 0 aliphatic carbocycles. The van der Waals surface area contributed by atoms with Crippen LogP contribution in [0.2, 0.25) is 0 Å². The van der Waals surface area contributed by atoms with Crippen LogP contribution in [0.5, 0.6) is 0 Å². The molecule has 0 unspecified atom stereocenters. The van der Waals surface area contributed by atoms with Crippen LogP contribution in [0.25, 0.3) is 0 Å². The van der Waals surface area contributed by atoms with E-state index in [2.05, 4.69) is 4.98 Å². The molecule has 15 heavy (non-hydrogen) atoms. The number of halogens is 1. The van der Waals surface area contributed by atoms with E-state index >= 15 is 0 Å². The topological polar surface area (TPSA) is 70.8 Å². The molecule has 1 heterocycles. The Hall–Kier alpha value is -1.12. The number of hydrogen-bond acceptors (Lipinski definition) is 4. The average molecular weight is 245 g/mol. The molecule has 1 aromatic heterocycles. The van der Waals surface area contributed by atoms with Gasteiger partial charge in [0.25, 0.3) is 0 Å². The van der Waals surface area contributed by atoms with Gasteiger partial charge < -0.3 is 0 Å². The lowest BCUT2D eigenvalue weighted by Gasteiger charge is -2.04. The Morgan fingerprint density at radius 1 is 1.60 bits per heavy atom. The molecule has 0 fully saturated rings. The Kier molecular flexibility index (Phi) is 3.66. The molecule has 0 aromatic carbocycles. The standard InChI is InChI=1S/C9H9ClN2O2S/c1-7-2-4-12-9(8(7)6-11)15(13,14)5-3-10/h2,4H,3,5H2,1H3. The third-order valence-electron chi connectivity index (χ3n) is 1.88. The molecule has 1 aromatic rings. The Bertz CT molecular complexity index is 505. The van der Waals surface area contributed by atoms with Gasteiger partial charge in [0.2, 0.25) is 0 Å². The monoisotopic (exact) mass is 244 g/mol. The van der Waals surface area contributed by atoms with E-state index in [4.69, 9.17) is 16.9 Å². The quantitative estimate of drug-likeness (QED) is 0.751. The predicted molar refractivity (Wildman–Crippen MR) is 56.5 cm³/mol. The number of aryl methyl sites for hydroxylation is 1. The molecule has 0 saturated carbocycles. The van der Waals surface area contributed by atoms with Crippen molar-refractivity contribution in [3.63, 3.8) is 0 Å². The Labute approximate surface area is 93.4 Å². The summed E-state index contributed by atoms with van der Waals surface area (Å²) in [4.78, 5) is 3.73. The second-order valence-corrected chi connectivity index (χ2v) is 5.33. The first-order chi connectivity index (χ1) is 7.03. The van der Waals surface area contributed by atoms with Crippen molar-refractivity contribution in [2.75, 3.05) is 11.6 Å². The van der Waals surface area contributed by atoms with Crippen LogP contribution in [-0.4, -0.2) is 25.0 Å². The molecular formula is C9H9ClN2O2S. The molecule has 0 saturated heterocycles. The van der Waals surface area contributed by atoms with E-state index in [0.717, 1.165) is 0 Å². The molecular weight excluding hydrogens is 236 g/mol. The summed E-state index contributed by atoms with van der Waals surface area (Å²) in [5.74, 6) is -0.220. The van der Waals surface area contributed by atoms with Crippen molar-refractivity contribution in [1.29, 1.82) is 5.26 Å². The van der Waals surface area contributed by atoms with Gasteiger partial charge >= 0.3 is 0 Å². The van der Waals surface area contributed by atoms with Crippen LogP contribution in [0.3, 0.4) is 0 Å². The van der Waals surface area contributed by atoms with Gasteiger partial charge in [-0.1, -0.05) is 0 Å². The van der Waals surface area contributed by atoms with Crippen LogP contribution in [0, 0.1) is 18.3 Å². The fourth-order valence-corrected chi connectivity index (χ4v) is 2.85. The molecule has 0 atom stereocenters. The second kappa shape index (κ2) is 4.60. The summed E-state index contributed by atoms with van der Waals surface area (Å²) in [5, 5.41) is 8.67. The molecule has 80 valence electrons. The Morgan fingerprint density at radius 2 is 2.27 bits per heavy atom. The summed E-state index contributed by atoms with van der Waals surface area (Å²) in [5.41, 5.74) is 0.697. The van der Waals surface area contributed by atoms with Crippen LogP contribution in [0.15, 0.2) is 17.3 Å². The molecule has 0 aliphatic rings. The first-order valence-corrected chi connectivity index (χ1v) is 6.36. The summed E-state index contributed by atoms with van der Waals surface area (Å²) in [7, 11) is -3.54. The van der Waals surface area contributed by atoms with Crippen molar-refractivity contribution in [2.45, 2.75) is 11.9 Å². The van der Waals surface area contributed by atoms with Crippen LogP contribution < -0.4 is 0 Å². The van der Waals surface area contributed by atoms with Crippen LogP contribution in [0.4, 0.5) is 0 Å². The third-order valence-corrected chi connectivity index (χ3v) is 3.93. The van der Waals surface area contributed by atoms with Crippen molar-refractivity contribution in [3.8, 4) is 6.07 Å². The highest BCUT2D eigenvalue weighted by atomic mass is 35.5. The minimum absolute atomic E-state index is 0.0111. The number of rotatable bonds is 3. The highest BCUT2D eigenvalue weighted by Crippen LogP contribution is 2.16. The zero-order chi connectivity index (χ0) is 11.5. The summed E-state index contributed by atoms with van der Waals surface area (Å²) in [6.45, 7) is 1.67. The smallest absolute Gasteiger partial charge is 0.198 e. The number of pyridine rings is 1. The van der Waals surface area contributed by atoms with Gasteiger partial charge in [0.05, 0.1) is 11.3 Å². The molecule has 0 N–H and O–H groups in total. The van der Waals surface area contributed by atoms with Gasteiger partial charge in [0.15, 0.2) is 14.9 Å². The molecule has 4 nitrogen and oxygen atoms in total. The summed E-state index contributed by atoms with van der Waals surface area (Å²) >= 11 is 5.38. The second-order valence-electron chi connectivity index (χ2n) is 2.93. The lowest BCUT2D eigenvalue weighted by molar-refractivity contribution is 0.593. The van der Waals surface area contributed by atoms with E-state index in [1.54, 1.807) is 13.0 Å². The molecule has 0 spiro atoms. The number of nitrogens with zero attached hydrogens (tertiary/aromatic N) is 2. The zero-order valence-electron chi connectivity index (χ0n) is 8.07. The fourth-order valence-electron chi connectivity index (χ4n) is 1.10. The van der Waals surface area contributed by atoms with Gasteiger partial charge in [-0.15, -0.1) is 11.6 Å². The molecule has 0 bridgehead atoms. The lowest BCUT2D eigenvalue weighted by Crippen LogP contribution is -2.12. The minimum atomic E-state index is -3.54. The lowest BCUT2D eigenvalue weighted by atomic mass is 10.2. The van der Waals surface area contributed by atoms with E-state index in [-0.39, 0.29) is 22.2 Å². The van der Waals surface area contributed by atoms with Gasteiger partial charge in [-0.3, -0.25) is 0 Å². The zero-order valence-corrected chi connectivity index (χ0v) is 9.64. The minimum Gasteiger partial charge on any atom is -0.243 e. The van der Waals surface area contributed by atoms with Gasteiger partial charge in [-0.2, -0.15) is 5.26 Å². The molecule has 0 amide bonds. The van der Waals surface area contributed by atoms with E-state index in [1.807, 2.05) is 6.07 Å². The molecule has 0 aliphatic heterocycles. The Balaban J connectivity index is 3.40. The highest BCUT2D eigenvalue weighted by Gasteiger charge is 2.20. The third kappa shape index (κ3) is 2.46. The largest absolute Gasteiger partial charge is 0.243 e. The molecule has 1 rings (SSSR count). The summed E-state index contributed by atoms with van der Waals surface area (Å²) in [6.07, 6.45) is 1.37. The molecule has 0 radical (unpaired) electrons. The van der Waals surface area contributed by atoms with E-state index in [9.17, 15) is 8.42 Å². The van der Waals surface area contributed by atoms with Crippen LogP contribution in [-0.2, 0) is 9.84 Å². The van der Waals surface area contributed by atoms with Crippen LogP contribution in [0.1, 0.15) is 11.1 Å². The predicted octanol–water partition coefficient (Wildman–Crippen LogP) is 1.27. The van der Waals surface area contributed by atoms with E-state index < -0.39 is 9.84 Å². The summed E-state index contributed by atoms with van der Waals surface area (Å²) in [6, 6.07) is 3.44. The maximum absolute atomic E-state index is 11.7. The number of nitriles is 1. The molecule has 6 heteroatoms. The van der Waals surface area contributed by atoms with Crippen molar-refractivity contribution in [2.24, 2.45) is 0 Å². The van der Waals surface area contributed by atoms with Gasteiger partial charge in [-0.05, 0) is 18.6 Å². The van der Waals surface area contributed by atoms with Crippen LogP contribution >= 0.6 is 11.6 Å². The van der Waals surface area contributed by atoms with Crippen molar-refractivity contribution in [1.82, 2.24) is 4.98 Å². The number of sulfone groups is 1. The van der Waals surface area contributed by atoms with Crippen molar-refractivity contribution >= 4 is 21.4 Å². The normalized spacial score (nSPS) is 11.0.